The quantitative estimate of drug-likeness (QED) is 0.433. The van der Waals surface area contributed by atoms with Gasteiger partial charge in [-0.25, -0.2) is 0 Å². The lowest BCUT2D eigenvalue weighted by molar-refractivity contribution is 0.475. The van der Waals surface area contributed by atoms with Crippen LogP contribution in [0.25, 0.3) is 0 Å². The summed E-state index contributed by atoms with van der Waals surface area (Å²) in [6.07, 6.45) is 5.26. The molecule has 0 N–H and O–H groups in total. The van der Waals surface area contributed by atoms with E-state index in [0.717, 1.165) is 17.8 Å². The van der Waals surface area contributed by atoms with Crippen LogP contribution in [0.2, 0.25) is 0 Å². The van der Waals surface area contributed by atoms with Crippen molar-refractivity contribution in [1.82, 2.24) is 0 Å². The minimum absolute atomic E-state index is 0.985. The molecule has 0 bridgehead atoms. The monoisotopic (exact) mass is 122 g/mol. The zero-order valence-electron chi connectivity index (χ0n) is 6.22. The fourth-order valence-electron chi connectivity index (χ4n) is 2.07. The minimum atomic E-state index is 0.985. The summed E-state index contributed by atoms with van der Waals surface area (Å²) in [6.45, 7) is 4.67. The maximum atomic E-state index is 2.43. The van der Waals surface area contributed by atoms with Gasteiger partial charge in [-0.15, -0.1) is 0 Å². The lowest BCUT2D eigenvalue weighted by Crippen LogP contribution is -2.03. The molecule has 1 saturated carbocycles. The molecule has 0 aromatic rings. The highest BCUT2D eigenvalue weighted by Gasteiger charge is 2.43. The van der Waals surface area contributed by atoms with Gasteiger partial charge in [0.2, 0.25) is 0 Å². The standard InChI is InChI=1S/C9H14/c1-6-3-4-7(2)9-5-8(6)9/h3,7-9H,4-5H2,1-2H3. The van der Waals surface area contributed by atoms with E-state index in [-0.39, 0.29) is 0 Å². The first-order valence-corrected chi connectivity index (χ1v) is 3.95. The summed E-state index contributed by atoms with van der Waals surface area (Å²) in [7, 11) is 0. The van der Waals surface area contributed by atoms with E-state index >= 15 is 0 Å². The number of allylic oxidation sites excluding steroid dienone is 2. The Morgan fingerprint density at radius 2 is 2.33 bits per heavy atom. The Morgan fingerprint density at radius 3 is 3.00 bits per heavy atom. The van der Waals surface area contributed by atoms with E-state index in [1.807, 2.05) is 0 Å². The van der Waals surface area contributed by atoms with Gasteiger partial charge in [-0.2, -0.15) is 0 Å². The van der Waals surface area contributed by atoms with Crippen LogP contribution in [0.5, 0.6) is 0 Å². The van der Waals surface area contributed by atoms with Gasteiger partial charge in [0, 0.05) is 0 Å². The molecular formula is C9H14. The topological polar surface area (TPSA) is 0 Å². The largest absolute Gasteiger partial charge is 0.0850 e. The molecule has 2 aliphatic rings. The van der Waals surface area contributed by atoms with Crippen LogP contribution in [0, 0.1) is 17.8 Å². The van der Waals surface area contributed by atoms with Gasteiger partial charge in [-0.05, 0) is 37.5 Å². The molecule has 0 saturated heterocycles. The van der Waals surface area contributed by atoms with Crippen molar-refractivity contribution in [3.63, 3.8) is 0 Å². The van der Waals surface area contributed by atoms with E-state index < -0.39 is 0 Å². The third kappa shape index (κ3) is 0.726. The molecule has 50 valence electrons. The summed E-state index contributed by atoms with van der Waals surface area (Å²) in [5, 5.41) is 0. The molecule has 0 amide bonds. The van der Waals surface area contributed by atoms with Crippen LogP contribution in [-0.2, 0) is 0 Å². The Labute approximate surface area is 57.0 Å². The van der Waals surface area contributed by atoms with Crippen molar-refractivity contribution in [2.24, 2.45) is 17.8 Å². The van der Waals surface area contributed by atoms with Crippen LogP contribution in [-0.4, -0.2) is 0 Å². The second kappa shape index (κ2) is 1.62. The molecule has 0 heterocycles. The number of fused-ring (bicyclic) bond motifs is 1. The van der Waals surface area contributed by atoms with E-state index in [0.29, 0.717) is 0 Å². The highest BCUT2D eigenvalue weighted by atomic mass is 14.5. The fraction of sp³-hybridized carbons (Fsp3) is 0.778. The fourth-order valence-corrected chi connectivity index (χ4v) is 2.07. The van der Waals surface area contributed by atoms with Crippen molar-refractivity contribution in [2.45, 2.75) is 26.7 Å². The van der Waals surface area contributed by atoms with Gasteiger partial charge in [0.1, 0.15) is 0 Å². The number of hydrogen-bond donors (Lipinski definition) is 0. The van der Waals surface area contributed by atoms with Crippen molar-refractivity contribution in [3.05, 3.63) is 11.6 Å². The minimum Gasteiger partial charge on any atom is -0.0850 e. The van der Waals surface area contributed by atoms with Crippen molar-refractivity contribution in [1.29, 1.82) is 0 Å². The van der Waals surface area contributed by atoms with Crippen molar-refractivity contribution in [3.8, 4) is 0 Å². The Morgan fingerprint density at radius 1 is 1.56 bits per heavy atom. The Hall–Kier alpha value is -0.260. The molecule has 2 rings (SSSR count). The average molecular weight is 122 g/mol. The summed E-state index contributed by atoms with van der Waals surface area (Å²) in [4.78, 5) is 0. The van der Waals surface area contributed by atoms with Gasteiger partial charge in [0.25, 0.3) is 0 Å². The predicted molar refractivity (Wildman–Crippen MR) is 39.1 cm³/mol. The molecule has 9 heavy (non-hydrogen) atoms. The van der Waals surface area contributed by atoms with Gasteiger partial charge in [-0.3, -0.25) is 0 Å². The van der Waals surface area contributed by atoms with Crippen LogP contribution in [0.4, 0.5) is 0 Å². The Kier molecular flexibility index (Phi) is 0.992. The number of rotatable bonds is 0. The number of hydrogen-bond acceptors (Lipinski definition) is 0. The van der Waals surface area contributed by atoms with Crippen LogP contribution in [0.3, 0.4) is 0 Å². The van der Waals surface area contributed by atoms with Gasteiger partial charge in [0.15, 0.2) is 0 Å². The maximum absolute atomic E-state index is 2.43. The van der Waals surface area contributed by atoms with Crippen molar-refractivity contribution in [2.75, 3.05) is 0 Å². The molecule has 3 atom stereocenters. The van der Waals surface area contributed by atoms with Crippen LogP contribution >= 0.6 is 0 Å². The third-order valence-electron chi connectivity index (χ3n) is 2.97. The lowest BCUT2D eigenvalue weighted by Gasteiger charge is -2.14. The summed E-state index contributed by atoms with van der Waals surface area (Å²) in [5.74, 6) is 3.07. The highest BCUT2D eigenvalue weighted by Crippen LogP contribution is 2.52. The molecule has 2 aliphatic carbocycles. The lowest BCUT2D eigenvalue weighted by atomic mass is 9.92. The van der Waals surface area contributed by atoms with Gasteiger partial charge in [-0.1, -0.05) is 18.6 Å². The summed E-state index contributed by atoms with van der Waals surface area (Å²) < 4.78 is 0. The molecule has 0 nitrogen and oxygen atoms in total. The van der Waals surface area contributed by atoms with E-state index in [1.165, 1.54) is 12.8 Å². The first kappa shape index (κ1) is 5.52. The molecular weight excluding hydrogens is 108 g/mol. The van der Waals surface area contributed by atoms with E-state index in [1.54, 1.807) is 5.57 Å². The average Bonchev–Trinajstić information content (AvgIpc) is 2.57. The molecule has 0 aromatic carbocycles. The molecule has 0 aliphatic heterocycles. The zero-order valence-corrected chi connectivity index (χ0v) is 6.22. The molecule has 0 aromatic heterocycles. The molecule has 0 heteroatoms. The van der Waals surface area contributed by atoms with E-state index in [4.69, 9.17) is 0 Å². The predicted octanol–water partition coefficient (Wildman–Crippen LogP) is 2.61. The second-order valence-corrected chi connectivity index (χ2v) is 3.67. The Balaban J connectivity index is 2.17. The van der Waals surface area contributed by atoms with Gasteiger partial charge < -0.3 is 0 Å². The van der Waals surface area contributed by atoms with Crippen LogP contribution in [0.1, 0.15) is 26.7 Å². The molecule has 3 unspecified atom stereocenters. The summed E-state index contributed by atoms with van der Waals surface area (Å²) >= 11 is 0. The maximum Gasteiger partial charge on any atom is -0.0172 e. The summed E-state index contributed by atoms with van der Waals surface area (Å²) in [6, 6.07) is 0. The summed E-state index contributed by atoms with van der Waals surface area (Å²) in [5.41, 5.74) is 1.66. The van der Waals surface area contributed by atoms with Crippen LogP contribution < -0.4 is 0 Å². The normalized spacial score (nSPS) is 47.8. The molecule has 0 spiro atoms. The first-order chi connectivity index (χ1) is 4.29. The Bertz CT molecular complexity index is 155. The van der Waals surface area contributed by atoms with E-state index in [9.17, 15) is 0 Å². The van der Waals surface area contributed by atoms with Crippen LogP contribution in [0.15, 0.2) is 11.6 Å². The highest BCUT2D eigenvalue weighted by molar-refractivity contribution is 5.18. The van der Waals surface area contributed by atoms with Crippen molar-refractivity contribution >= 4 is 0 Å². The zero-order chi connectivity index (χ0) is 6.43. The molecule has 1 fully saturated rings. The SMILES string of the molecule is CC1=CCC(C)C2CC12. The molecule has 0 radical (unpaired) electrons. The smallest absolute Gasteiger partial charge is 0.0172 e. The first-order valence-electron chi connectivity index (χ1n) is 3.95. The second-order valence-electron chi connectivity index (χ2n) is 3.67. The van der Waals surface area contributed by atoms with E-state index in [2.05, 4.69) is 19.9 Å². The van der Waals surface area contributed by atoms with Crippen molar-refractivity contribution < 1.29 is 0 Å². The third-order valence-corrected chi connectivity index (χ3v) is 2.97. The van der Waals surface area contributed by atoms with Gasteiger partial charge >= 0.3 is 0 Å². The van der Waals surface area contributed by atoms with Gasteiger partial charge in [0.05, 0.1) is 0 Å².